The van der Waals surface area contributed by atoms with Crippen molar-refractivity contribution in [2.45, 2.75) is 39.5 Å². The molecule has 0 aliphatic rings. The maximum atomic E-state index is 4.27. The van der Waals surface area contributed by atoms with Gasteiger partial charge in [0.15, 0.2) is 0 Å². The fourth-order valence-corrected chi connectivity index (χ4v) is 1.54. The Kier molecular flexibility index (Phi) is 2.90. The Morgan fingerprint density at radius 1 is 1.50 bits per heavy atom. The summed E-state index contributed by atoms with van der Waals surface area (Å²) >= 11 is 0. The zero-order valence-corrected chi connectivity index (χ0v) is 8.46. The van der Waals surface area contributed by atoms with Crippen molar-refractivity contribution < 1.29 is 0 Å². The van der Waals surface area contributed by atoms with Crippen molar-refractivity contribution >= 4 is 0 Å². The van der Waals surface area contributed by atoms with E-state index in [2.05, 4.69) is 25.9 Å². The van der Waals surface area contributed by atoms with Crippen molar-refractivity contribution in [3.8, 4) is 0 Å². The van der Waals surface area contributed by atoms with Crippen LogP contribution in [-0.2, 0) is 13.5 Å². The van der Waals surface area contributed by atoms with Crippen molar-refractivity contribution in [2.24, 2.45) is 7.05 Å². The van der Waals surface area contributed by atoms with Crippen LogP contribution in [0, 0.1) is 0 Å². The standard InChI is InChI=1S/C10H18N2/c1-5-8(3)9-7-11-12(4)10(9)6-2/h7-8H,5-6H2,1-4H3. The van der Waals surface area contributed by atoms with E-state index < -0.39 is 0 Å². The molecule has 1 rings (SSSR count). The van der Waals surface area contributed by atoms with Crippen LogP contribution in [0.4, 0.5) is 0 Å². The molecule has 1 unspecified atom stereocenters. The average molecular weight is 166 g/mol. The third kappa shape index (κ3) is 1.52. The minimum atomic E-state index is 0.647. The Hall–Kier alpha value is -0.790. The van der Waals surface area contributed by atoms with E-state index in [-0.39, 0.29) is 0 Å². The van der Waals surface area contributed by atoms with Crippen molar-refractivity contribution in [1.82, 2.24) is 9.78 Å². The summed E-state index contributed by atoms with van der Waals surface area (Å²) in [6, 6.07) is 0. The summed E-state index contributed by atoms with van der Waals surface area (Å²) in [5.74, 6) is 0.647. The van der Waals surface area contributed by atoms with Crippen LogP contribution in [0.1, 0.15) is 44.4 Å². The van der Waals surface area contributed by atoms with Crippen molar-refractivity contribution in [1.29, 1.82) is 0 Å². The van der Waals surface area contributed by atoms with E-state index in [1.165, 1.54) is 17.7 Å². The van der Waals surface area contributed by atoms with Crippen LogP contribution in [0.3, 0.4) is 0 Å². The highest BCUT2D eigenvalue weighted by Crippen LogP contribution is 2.22. The molecule has 0 fully saturated rings. The van der Waals surface area contributed by atoms with Gasteiger partial charge in [-0.1, -0.05) is 20.8 Å². The van der Waals surface area contributed by atoms with Crippen LogP contribution in [0.2, 0.25) is 0 Å². The first kappa shape index (κ1) is 9.30. The molecule has 2 heteroatoms. The molecule has 0 saturated carbocycles. The summed E-state index contributed by atoms with van der Waals surface area (Å²) in [7, 11) is 2.02. The largest absolute Gasteiger partial charge is 0.272 e. The number of hydrogen-bond donors (Lipinski definition) is 0. The summed E-state index contributed by atoms with van der Waals surface area (Å²) in [4.78, 5) is 0. The van der Waals surface area contributed by atoms with Crippen molar-refractivity contribution in [3.63, 3.8) is 0 Å². The minimum absolute atomic E-state index is 0.647. The number of nitrogens with zero attached hydrogens (tertiary/aromatic N) is 2. The monoisotopic (exact) mass is 166 g/mol. The SMILES string of the molecule is CCc1c(C(C)CC)cnn1C. The molecule has 2 nitrogen and oxygen atoms in total. The van der Waals surface area contributed by atoms with Gasteiger partial charge in [-0.2, -0.15) is 5.10 Å². The molecular formula is C10H18N2. The molecular weight excluding hydrogens is 148 g/mol. The Labute approximate surface area is 74.6 Å². The topological polar surface area (TPSA) is 17.8 Å². The molecule has 0 aliphatic carbocycles. The third-order valence-electron chi connectivity index (χ3n) is 2.57. The van der Waals surface area contributed by atoms with Crippen LogP contribution < -0.4 is 0 Å². The summed E-state index contributed by atoms with van der Waals surface area (Å²) in [6.45, 7) is 6.66. The first-order valence-electron chi connectivity index (χ1n) is 4.71. The highest BCUT2D eigenvalue weighted by Gasteiger charge is 2.11. The lowest BCUT2D eigenvalue weighted by atomic mass is 9.98. The second kappa shape index (κ2) is 3.74. The van der Waals surface area contributed by atoms with Gasteiger partial charge in [-0.25, -0.2) is 0 Å². The van der Waals surface area contributed by atoms with Gasteiger partial charge in [0.05, 0.1) is 6.20 Å². The van der Waals surface area contributed by atoms with E-state index >= 15 is 0 Å². The molecule has 0 saturated heterocycles. The maximum absolute atomic E-state index is 4.27. The molecule has 0 radical (unpaired) electrons. The number of aromatic nitrogens is 2. The Balaban J connectivity index is 2.98. The molecule has 68 valence electrons. The van der Waals surface area contributed by atoms with Crippen LogP contribution in [-0.4, -0.2) is 9.78 Å². The lowest BCUT2D eigenvalue weighted by Crippen LogP contribution is -2.00. The third-order valence-corrected chi connectivity index (χ3v) is 2.57. The molecule has 0 spiro atoms. The first-order chi connectivity index (χ1) is 5.70. The quantitative estimate of drug-likeness (QED) is 0.674. The average Bonchev–Trinajstić information content (AvgIpc) is 2.45. The van der Waals surface area contributed by atoms with Crippen LogP contribution in [0.5, 0.6) is 0 Å². The van der Waals surface area contributed by atoms with Gasteiger partial charge in [-0.05, 0) is 24.3 Å². The fraction of sp³-hybridized carbons (Fsp3) is 0.700. The van der Waals surface area contributed by atoms with Gasteiger partial charge in [0.2, 0.25) is 0 Å². The summed E-state index contributed by atoms with van der Waals surface area (Å²) in [6.07, 6.45) is 4.28. The van der Waals surface area contributed by atoms with Crippen LogP contribution in [0.25, 0.3) is 0 Å². The van der Waals surface area contributed by atoms with Gasteiger partial charge >= 0.3 is 0 Å². The normalized spacial score (nSPS) is 13.3. The lowest BCUT2D eigenvalue weighted by molar-refractivity contribution is 0.689. The first-order valence-corrected chi connectivity index (χ1v) is 4.71. The summed E-state index contributed by atoms with van der Waals surface area (Å²) in [5, 5.41) is 4.27. The molecule has 1 aromatic heterocycles. The zero-order chi connectivity index (χ0) is 9.14. The fourth-order valence-electron chi connectivity index (χ4n) is 1.54. The van der Waals surface area contributed by atoms with Crippen molar-refractivity contribution in [3.05, 3.63) is 17.5 Å². The van der Waals surface area contributed by atoms with Gasteiger partial charge in [0, 0.05) is 12.7 Å². The molecule has 1 atom stereocenters. The molecule has 12 heavy (non-hydrogen) atoms. The Bertz CT molecular complexity index is 250. The Morgan fingerprint density at radius 3 is 2.67 bits per heavy atom. The predicted octanol–water partition coefficient (Wildman–Crippen LogP) is 2.50. The van der Waals surface area contributed by atoms with Gasteiger partial charge in [-0.15, -0.1) is 0 Å². The van der Waals surface area contributed by atoms with Gasteiger partial charge in [-0.3, -0.25) is 4.68 Å². The maximum Gasteiger partial charge on any atom is 0.0527 e. The van der Waals surface area contributed by atoms with E-state index in [1.54, 1.807) is 0 Å². The minimum Gasteiger partial charge on any atom is -0.272 e. The second-order valence-corrected chi connectivity index (χ2v) is 3.33. The second-order valence-electron chi connectivity index (χ2n) is 3.33. The smallest absolute Gasteiger partial charge is 0.0527 e. The van der Waals surface area contributed by atoms with Gasteiger partial charge in [0.1, 0.15) is 0 Å². The van der Waals surface area contributed by atoms with Crippen LogP contribution in [0.15, 0.2) is 6.20 Å². The van der Waals surface area contributed by atoms with Crippen molar-refractivity contribution in [2.75, 3.05) is 0 Å². The van der Waals surface area contributed by atoms with E-state index in [4.69, 9.17) is 0 Å². The molecule has 0 amide bonds. The number of hydrogen-bond acceptors (Lipinski definition) is 1. The molecule has 0 aromatic carbocycles. The summed E-state index contributed by atoms with van der Waals surface area (Å²) < 4.78 is 1.99. The highest BCUT2D eigenvalue weighted by atomic mass is 15.3. The molecule has 0 aliphatic heterocycles. The van der Waals surface area contributed by atoms with Gasteiger partial charge < -0.3 is 0 Å². The van der Waals surface area contributed by atoms with Gasteiger partial charge in [0.25, 0.3) is 0 Å². The van der Waals surface area contributed by atoms with E-state index in [0.29, 0.717) is 5.92 Å². The lowest BCUT2D eigenvalue weighted by Gasteiger charge is -2.08. The molecule has 0 bridgehead atoms. The van der Waals surface area contributed by atoms with E-state index in [0.717, 1.165) is 6.42 Å². The number of rotatable bonds is 3. The Morgan fingerprint density at radius 2 is 2.17 bits per heavy atom. The zero-order valence-electron chi connectivity index (χ0n) is 8.46. The molecule has 0 N–H and O–H groups in total. The predicted molar refractivity (Wildman–Crippen MR) is 51.3 cm³/mol. The van der Waals surface area contributed by atoms with E-state index in [9.17, 15) is 0 Å². The molecule has 1 aromatic rings. The summed E-state index contributed by atoms with van der Waals surface area (Å²) in [5.41, 5.74) is 2.80. The number of aryl methyl sites for hydroxylation is 1. The molecule has 1 heterocycles. The highest BCUT2D eigenvalue weighted by molar-refractivity contribution is 5.21. The van der Waals surface area contributed by atoms with E-state index in [1.807, 2.05) is 17.9 Å². The van der Waals surface area contributed by atoms with Crippen LogP contribution >= 0.6 is 0 Å².